The third kappa shape index (κ3) is 4.39. The van der Waals surface area contributed by atoms with Crippen molar-refractivity contribution in [3.05, 3.63) is 0 Å². The van der Waals surface area contributed by atoms with Gasteiger partial charge in [-0.25, -0.2) is 4.79 Å². The molecule has 0 aliphatic heterocycles. The summed E-state index contributed by atoms with van der Waals surface area (Å²) in [5.74, 6) is -0.146. The fraction of sp³-hybridized carbons (Fsp3) is 0.867. The number of ether oxygens (including phenoxy) is 2. The highest BCUT2D eigenvalue weighted by Crippen LogP contribution is 2.42. The van der Waals surface area contributed by atoms with Crippen molar-refractivity contribution in [2.45, 2.75) is 58.5 Å². The summed E-state index contributed by atoms with van der Waals surface area (Å²) in [6, 6.07) is 0. The van der Waals surface area contributed by atoms with E-state index < -0.39 is 11.0 Å². The number of nitrogens with zero attached hydrogens (tertiary/aromatic N) is 1. The smallest absolute Gasteiger partial charge is 0.410 e. The number of amides is 1. The van der Waals surface area contributed by atoms with Crippen LogP contribution in [0.4, 0.5) is 4.79 Å². The fourth-order valence-electron chi connectivity index (χ4n) is 2.64. The summed E-state index contributed by atoms with van der Waals surface area (Å²) in [5, 5.41) is 0. The van der Waals surface area contributed by atoms with Crippen molar-refractivity contribution in [1.29, 1.82) is 0 Å². The van der Waals surface area contributed by atoms with Gasteiger partial charge in [0.1, 0.15) is 5.60 Å². The Morgan fingerprint density at radius 3 is 2.20 bits per heavy atom. The molecule has 116 valence electrons. The standard InChI is InChI=1S/C15H27NO4/c1-14(2,3)20-13(18)16(4)11-10-15(12(17)19-5)8-6-7-9-15/h6-11H2,1-5H3. The van der Waals surface area contributed by atoms with E-state index in [0.717, 1.165) is 25.7 Å². The van der Waals surface area contributed by atoms with Gasteiger partial charge in [-0.05, 0) is 40.0 Å². The molecule has 0 atom stereocenters. The number of methoxy groups -OCH3 is 1. The zero-order valence-corrected chi connectivity index (χ0v) is 13.3. The van der Waals surface area contributed by atoms with Gasteiger partial charge < -0.3 is 14.4 Å². The highest BCUT2D eigenvalue weighted by atomic mass is 16.6. The Morgan fingerprint density at radius 2 is 1.75 bits per heavy atom. The maximum Gasteiger partial charge on any atom is 0.410 e. The SMILES string of the molecule is COC(=O)C1(CCN(C)C(=O)OC(C)(C)C)CCCC1. The molecule has 5 nitrogen and oxygen atoms in total. The van der Waals surface area contributed by atoms with Gasteiger partial charge in [-0.15, -0.1) is 0 Å². The van der Waals surface area contributed by atoms with Gasteiger partial charge in [0.05, 0.1) is 12.5 Å². The van der Waals surface area contributed by atoms with Gasteiger partial charge >= 0.3 is 12.1 Å². The average molecular weight is 285 g/mol. The first-order valence-electron chi connectivity index (χ1n) is 7.23. The molecule has 0 bridgehead atoms. The molecule has 1 aliphatic carbocycles. The second-order valence-corrected chi connectivity index (χ2v) is 6.63. The number of esters is 1. The minimum Gasteiger partial charge on any atom is -0.469 e. The molecule has 0 radical (unpaired) electrons. The maximum absolute atomic E-state index is 12.0. The van der Waals surface area contributed by atoms with Gasteiger partial charge in [0, 0.05) is 13.6 Å². The molecule has 0 aromatic rings. The van der Waals surface area contributed by atoms with E-state index >= 15 is 0 Å². The predicted octanol–water partition coefficient (Wildman–Crippen LogP) is 2.98. The van der Waals surface area contributed by atoms with E-state index in [4.69, 9.17) is 9.47 Å². The Hall–Kier alpha value is -1.26. The Kier molecular flexibility index (Phi) is 5.42. The number of hydrogen-bond acceptors (Lipinski definition) is 4. The topological polar surface area (TPSA) is 55.8 Å². The van der Waals surface area contributed by atoms with Crippen molar-refractivity contribution in [2.75, 3.05) is 20.7 Å². The van der Waals surface area contributed by atoms with E-state index in [1.807, 2.05) is 20.8 Å². The van der Waals surface area contributed by atoms with Gasteiger partial charge in [-0.3, -0.25) is 4.79 Å². The lowest BCUT2D eigenvalue weighted by atomic mass is 9.82. The fourth-order valence-corrected chi connectivity index (χ4v) is 2.64. The molecule has 20 heavy (non-hydrogen) atoms. The second-order valence-electron chi connectivity index (χ2n) is 6.63. The van der Waals surface area contributed by atoms with Crippen LogP contribution in [-0.4, -0.2) is 43.3 Å². The molecule has 1 aliphatic rings. The quantitative estimate of drug-likeness (QED) is 0.745. The van der Waals surface area contributed by atoms with Crippen LogP contribution in [-0.2, 0) is 14.3 Å². The van der Waals surface area contributed by atoms with Gasteiger partial charge in [-0.2, -0.15) is 0 Å². The van der Waals surface area contributed by atoms with Gasteiger partial charge in [0.15, 0.2) is 0 Å². The third-order valence-electron chi connectivity index (χ3n) is 3.81. The molecule has 0 unspecified atom stereocenters. The van der Waals surface area contributed by atoms with Crippen molar-refractivity contribution >= 4 is 12.1 Å². The number of rotatable bonds is 4. The summed E-state index contributed by atoms with van der Waals surface area (Å²) in [6.45, 7) is 6.02. The molecule has 1 rings (SSSR count). The third-order valence-corrected chi connectivity index (χ3v) is 3.81. The average Bonchev–Trinajstić information content (AvgIpc) is 2.82. The first kappa shape index (κ1) is 16.8. The second kappa shape index (κ2) is 6.46. The van der Waals surface area contributed by atoms with Crippen molar-refractivity contribution < 1.29 is 19.1 Å². The van der Waals surface area contributed by atoms with E-state index in [1.54, 1.807) is 7.05 Å². The first-order valence-corrected chi connectivity index (χ1v) is 7.23. The van der Waals surface area contributed by atoms with Crippen LogP contribution in [0.2, 0.25) is 0 Å². The molecule has 0 heterocycles. The monoisotopic (exact) mass is 285 g/mol. The molecule has 1 fully saturated rings. The lowest BCUT2D eigenvalue weighted by molar-refractivity contribution is -0.153. The van der Waals surface area contributed by atoms with Crippen molar-refractivity contribution in [2.24, 2.45) is 5.41 Å². The van der Waals surface area contributed by atoms with Crippen LogP contribution in [0.3, 0.4) is 0 Å². The van der Waals surface area contributed by atoms with Gasteiger partial charge in [0.2, 0.25) is 0 Å². The summed E-state index contributed by atoms with van der Waals surface area (Å²) in [4.78, 5) is 25.4. The Labute approximate surface area is 121 Å². The van der Waals surface area contributed by atoms with E-state index in [0.29, 0.717) is 13.0 Å². The van der Waals surface area contributed by atoms with Crippen LogP contribution in [0.15, 0.2) is 0 Å². The minimum absolute atomic E-state index is 0.146. The molecule has 0 aromatic heterocycles. The van der Waals surface area contributed by atoms with Crippen molar-refractivity contribution in [3.8, 4) is 0 Å². The molecule has 1 amide bonds. The molecule has 1 saturated carbocycles. The van der Waals surface area contributed by atoms with Crippen LogP contribution in [0, 0.1) is 5.41 Å². The molecule has 5 heteroatoms. The molecule has 0 N–H and O–H groups in total. The molecule has 0 spiro atoms. The van der Waals surface area contributed by atoms with Crippen molar-refractivity contribution in [3.63, 3.8) is 0 Å². The summed E-state index contributed by atoms with van der Waals surface area (Å²) in [7, 11) is 3.13. The largest absolute Gasteiger partial charge is 0.469 e. The van der Waals surface area contributed by atoms with Crippen LogP contribution < -0.4 is 0 Å². The van der Waals surface area contributed by atoms with Gasteiger partial charge in [-0.1, -0.05) is 12.8 Å². The molecular formula is C15H27NO4. The Bertz CT molecular complexity index is 353. The van der Waals surface area contributed by atoms with E-state index in [1.165, 1.54) is 12.0 Å². The zero-order valence-electron chi connectivity index (χ0n) is 13.3. The van der Waals surface area contributed by atoms with Gasteiger partial charge in [0.25, 0.3) is 0 Å². The molecular weight excluding hydrogens is 258 g/mol. The minimum atomic E-state index is -0.501. The summed E-state index contributed by atoms with van der Waals surface area (Å²) < 4.78 is 10.2. The van der Waals surface area contributed by atoms with Crippen LogP contribution in [0.25, 0.3) is 0 Å². The predicted molar refractivity (Wildman–Crippen MR) is 76.4 cm³/mol. The van der Waals surface area contributed by atoms with E-state index in [-0.39, 0.29) is 12.1 Å². The lowest BCUT2D eigenvalue weighted by Crippen LogP contribution is -2.38. The van der Waals surface area contributed by atoms with E-state index in [9.17, 15) is 9.59 Å². The van der Waals surface area contributed by atoms with Crippen LogP contribution in [0.1, 0.15) is 52.9 Å². The normalized spacial score (nSPS) is 17.6. The Morgan fingerprint density at radius 1 is 1.20 bits per heavy atom. The van der Waals surface area contributed by atoms with E-state index in [2.05, 4.69) is 0 Å². The molecule has 0 saturated heterocycles. The lowest BCUT2D eigenvalue weighted by Gasteiger charge is -2.29. The summed E-state index contributed by atoms with van der Waals surface area (Å²) >= 11 is 0. The summed E-state index contributed by atoms with van der Waals surface area (Å²) in [6.07, 6.45) is 4.07. The highest BCUT2D eigenvalue weighted by Gasteiger charge is 2.42. The maximum atomic E-state index is 12.0. The van der Waals surface area contributed by atoms with Crippen LogP contribution in [0.5, 0.6) is 0 Å². The number of carbonyl (C=O) groups excluding carboxylic acids is 2. The first-order chi connectivity index (χ1) is 9.20. The summed E-state index contributed by atoms with van der Waals surface area (Å²) in [5.41, 5.74) is -0.913. The van der Waals surface area contributed by atoms with Crippen LogP contribution >= 0.6 is 0 Å². The Balaban J connectivity index is 2.56. The van der Waals surface area contributed by atoms with Crippen molar-refractivity contribution in [1.82, 2.24) is 4.90 Å². The molecule has 0 aromatic carbocycles. The number of carbonyl (C=O) groups is 2. The number of hydrogen-bond donors (Lipinski definition) is 0. The highest BCUT2D eigenvalue weighted by molar-refractivity contribution is 5.77. The zero-order chi connectivity index (χ0) is 15.4.